The number of rotatable bonds is 5. The van der Waals surface area contributed by atoms with Crippen molar-refractivity contribution in [3.8, 4) is 0 Å². The maximum atomic E-state index is 5.69. The monoisotopic (exact) mass is 329 g/mol. The van der Waals surface area contributed by atoms with Gasteiger partial charge in [0, 0.05) is 28.8 Å². The maximum Gasteiger partial charge on any atom is 0.205 e. The molecule has 0 unspecified atom stereocenters. The first-order valence-electron chi connectivity index (χ1n) is 6.53. The van der Waals surface area contributed by atoms with Gasteiger partial charge in [-0.05, 0) is 29.8 Å². The van der Waals surface area contributed by atoms with Gasteiger partial charge in [0.2, 0.25) is 11.4 Å². The van der Waals surface area contributed by atoms with Crippen molar-refractivity contribution >= 4 is 34.2 Å². The van der Waals surface area contributed by atoms with Crippen LogP contribution < -0.4 is 10.3 Å². The topological polar surface area (TPSA) is 29.9 Å². The zero-order valence-corrected chi connectivity index (χ0v) is 12.9. The molecule has 0 aliphatic rings. The van der Waals surface area contributed by atoms with Gasteiger partial charge in [-0.3, -0.25) is 0 Å². The van der Waals surface area contributed by atoms with E-state index in [0.29, 0.717) is 6.54 Å². The van der Waals surface area contributed by atoms with Gasteiger partial charge in [0.05, 0.1) is 6.54 Å². The molecule has 1 aromatic carbocycles. The Morgan fingerprint density at radius 1 is 1.05 bits per heavy atom. The van der Waals surface area contributed by atoms with Gasteiger partial charge in [-0.25, -0.2) is 0 Å². The minimum absolute atomic E-state index is 0.606. The first kappa shape index (κ1) is 14.7. The van der Waals surface area contributed by atoms with Crippen molar-refractivity contribution < 1.29 is 4.57 Å². The summed E-state index contributed by atoms with van der Waals surface area (Å²) in [7, 11) is 0. The average Bonchev–Trinajstić information content (AvgIpc) is 2.48. The molecule has 0 amide bonds. The zero-order valence-electron chi connectivity index (χ0n) is 11.3. The molecule has 2 aromatic rings. The number of hydrogen-bond donors (Lipinski definition) is 1. The predicted molar refractivity (Wildman–Crippen MR) is 88.9 cm³/mol. The molecule has 0 spiro atoms. The molecule has 0 bridgehead atoms. The van der Waals surface area contributed by atoms with E-state index in [9.17, 15) is 0 Å². The second-order valence-corrected chi connectivity index (χ2v) is 5.32. The second kappa shape index (κ2) is 7.17. The molecule has 1 heterocycles. The molecule has 20 heavy (non-hydrogen) atoms. The van der Waals surface area contributed by atoms with Crippen molar-refractivity contribution in [2.24, 2.45) is 5.73 Å². The van der Waals surface area contributed by atoms with Crippen LogP contribution in [0.5, 0.6) is 0 Å². The highest BCUT2D eigenvalue weighted by Crippen LogP contribution is 2.12. The molecular weight excluding hydrogens is 312 g/mol. The third kappa shape index (κ3) is 3.65. The van der Waals surface area contributed by atoms with Gasteiger partial charge in [-0.2, -0.15) is 4.57 Å². The fourth-order valence-corrected chi connectivity index (χ4v) is 2.31. The molecule has 2 N–H and O–H groups in total. The van der Waals surface area contributed by atoms with Gasteiger partial charge in [0.25, 0.3) is 0 Å². The van der Waals surface area contributed by atoms with Gasteiger partial charge in [0.1, 0.15) is 0 Å². The van der Waals surface area contributed by atoms with Gasteiger partial charge < -0.3 is 5.73 Å². The lowest BCUT2D eigenvalue weighted by Gasteiger charge is -2.03. The van der Waals surface area contributed by atoms with Crippen molar-refractivity contribution in [3.63, 3.8) is 0 Å². The molecule has 102 valence electrons. The van der Waals surface area contributed by atoms with Gasteiger partial charge in [0.15, 0.2) is 6.54 Å². The smallest absolute Gasteiger partial charge is 0.205 e. The minimum Gasteiger partial charge on any atom is -0.325 e. The molecule has 0 saturated heterocycles. The van der Waals surface area contributed by atoms with Crippen LogP contribution in [0.4, 0.5) is 0 Å². The zero-order chi connectivity index (χ0) is 14.4. The lowest BCUT2D eigenvalue weighted by molar-refractivity contribution is -0.697. The fourth-order valence-electron chi connectivity index (χ4n) is 2.04. The molecule has 2 rings (SSSR count). The highest BCUT2D eigenvalue weighted by Gasteiger charge is 2.10. The van der Waals surface area contributed by atoms with E-state index in [1.165, 1.54) is 0 Å². The lowest BCUT2D eigenvalue weighted by atomic mass is 10.2. The minimum atomic E-state index is 0.606. The number of benzene rings is 1. The van der Waals surface area contributed by atoms with Gasteiger partial charge in [-0.1, -0.05) is 34.6 Å². The van der Waals surface area contributed by atoms with E-state index in [2.05, 4.69) is 57.4 Å². The average molecular weight is 330 g/mol. The highest BCUT2D eigenvalue weighted by molar-refractivity contribution is 9.10. The van der Waals surface area contributed by atoms with Crippen LogP contribution in [0.3, 0.4) is 0 Å². The number of halogens is 1. The maximum absolute atomic E-state index is 5.69. The Kier molecular flexibility index (Phi) is 5.27. The third-order valence-corrected chi connectivity index (χ3v) is 3.56. The summed E-state index contributed by atoms with van der Waals surface area (Å²) in [5.41, 5.74) is 9.05. The summed E-state index contributed by atoms with van der Waals surface area (Å²) in [6.07, 6.45) is 6.06. The molecule has 0 saturated carbocycles. The lowest BCUT2D eigenvalue weighted by Crippen LogP contribution is -2.43. The molecule has 1 aromatic heterocycles. The number of aromatic nitrogens is 1. The van der Waals surface area contributed by atoms with E-state index < -0.39 is 0 Å². The van der Waals surface area contributed by atoms with Crippen LogP contribution in [0.2, 0.25) is 0 Å². The van der Waals surface area contributed by atoms with E-state index in [4.69, 9.17) is 5.73 Å². The molecule has 3 heteroatoms. The Morgan fingerprint density at radius 3 is 2.40 bits per heavy atom. The summed E-state index contributed by atoms with van der Waals surface area (Å²) in [5.74, 6) is 0. The van der Waals surface area contributed by atoms with Crippen LogP contribution in [0.15, 0.2) is 53.5 Å². The van der Waals surface area contributed by atoms with Crippen molar-refractivity contribution in [2.45, 2.75) is 6.54 Å². The Bertz CT molecular complexity index is 615. The summed E-state index contributed by atoms with van der Waals surface area (Å²) in [4.78, 5) is 0. The summed E-state index contributed by atoms with van der Waals surface area (Å²) in [6.45, 7) is 5.24. The summed E-state index contributed by atoms with van der Waals surface area (Å²) in [6, 6.07) is 14.4. The SMILES string of the molecule is C=Cc1cccc(/C=C/c2ccc(Br)cc2)[n+]1CCN. The number of nitrogens with two attached hydrogens (primary N) is 1. The van der Waals surface area contributed by atoms with Crippen LogP contribution in [0.1, 0.15) is 17.0 Å². The number of hydrogen-bond acceptors (Lipinski definition) is 1. The second-order valence-electron chi connectivity index (χ2n) is 4.40. The normalized spacial score (nSPS) is 10.9. The third-order valence-electron chi connectivity index (χ3n) is 3.04. The van der Waals surface area contributed by atoms with Crippen LogP contribution in [0.25, 0.3) is 18.2 Å². The Labute approximate surface area is 128 Å². The van der Waals surface area contributed by atoms with Crippen LogP contribution in [0, 0.1) is 0 Å². The van der Waals surface area contributed by atoms with E-state index in [-0.39, 0.29) is 0 Å². The largest absolute Gasteiger partial charge is 0.325 e. The van der Waals surface area contributed by atoms with Crippen LogP contribution in [-0.4, -0.2) is 6.54 Å². The summed E-state index contributed by atoms with van der Waals surface area (Å²) >= 11 is 3.44. The van der Waals surface area contributed by atoms with Crippen LogP contribution >= 0.6 is 15.9 Å². The Balaban J connectivity index is 2.32. The predicted octanol–water partition coefficient (Wildman–Crippen LogP) is 3.51. The molecule has 0 radical (unpaired) electrons. The molecule has 0 aliphatic heterocycles. The van der Waals surface area contributed by atoms with E-state index >= 15 is 0 Å². The van der Waals surface area contributed by atoms with Gasteiger partial charge in [-0.15, -0.1) is 0 Å². The molecule has 0 fully saturated rings. The molecule has 0 aliphatic carbocycles. The van der Waals surface area contributed by atoms with Gasteiger partial charge >= 0.3 is 0 Å². The molecular formula is C17H18BrN2+. The van der Waals surface area contributed by atoms with Crippen LogP contribution in [-0.2, 0) is 6.54 Å². The summed E-state index contributed by atoms with van der Waals surface area (Å²) in [5, 5.41) is 0. The number of nitrogens with zero attached hydrogens (tertiary/aromatic N) is 1. The first-order valence-corrected chi connectivity index (χ1v) is 7.33. The van der Waals surface area contributed by atoms with Crippen molar-refractivity contribution in [1.29, 1.82) is 0 Å². The standard InChI is InChI=1S/C17H18BrN2/c1-2-16-4-3-5-17(20(16)13-12-19)11-8-14-6-9-15(18)10-7-14/h2-11H,1,12-13,19H2/q+1/b11-8+. The Morgan fingerprint density at radius 2 is 1.75 bits per heavy atom. The number of pyridine rings is 1. The molecule has 0 atom stereocenters. The van der Waals surface area contributed by atoms with E-state index in [0.717, 1.165) is 28.0 Å². The van der Waals surface area contributed by atoms with E-state index in [1.807, 2.05) is 30.3 Å². The quantitative estimate of drug-likeness (QED) is 0.836. The summed E-state index contributed by atoms with van der Waals surface area (Å²) < 4.78 is 3.25. The highest BCUT2D eigenvalue weighted by atomic mass is 79.9. The molecule has 2 nitrogen and oxygen atoms in total. The Hall–Kier alpha value is -1.71. The van der Waals surface area contributed by atoms with Crippen molar-refractivity contribution in [1.82, 2.24) is 0 Å². The van der Waals surface area contributed by atoms with Crippen molar-refractivity contribution in [3.05, 3.63) is 70.5 Å². The van der Waals surface area contributed by atoms with Crippen molar-refractivity contribution in [2.75, 3.05) is 6.54 Å². The fraction of sp³-hybridized carbons (Fsp3) is 0.118. The first-order chi connectivity index (χ1) is 9.74. The van der Waals surface area contributed by atoms with E-state index in [1.54, 1.807) is 0 Å².